The fourth-order valence-electron chi connectivity index (χ4n) is 2.04. The van der Waals surface area contributed by atoms with E-state index in [0.29, 0.717) is 5.69 Å². The second-order valence-corrected chi connectivity index (χ2v) is 7.02. The highest BCUT2D eigenvalue weighted by Gasteiger charge is 2.17. The van der Waals surface area contributed by atoms with E-state index < -0.39 is 11.8 Å². The van der Waals surface area contributed by atoms with Crippen molar-refractivity contribution in [3.05, 3.63) is 49.9 Å². The van der Waals surface area contributed by atoms with Gasteiger partial charge in [-0.3, -0.25) is 0 Å². The molecule has 0 radical (unpaired) electrons. The summed E-state index contributed by atoms with van der Waals surface area (Å²) in [5.74, 6) is -1.74. The summed E-state index contributed by atoms with van der Waals surface area (Å²) in [4.78, 5) is 13.4. The predicted octanol–water partition coefficient (Wildman–Crippen LogP) is 4.70. The lowest BCUT2D eigenvalue weighted by molar-refractivity contribution is 0.0695. The van der Waals surface area contributed by atoms with Gasteiger partial charge in [0, 0.05) is 22.2 Å². The summed E-state index contributed by atoms with van der Waals surface area (Å²) in [6, 6.07) is 7.02. The number of anilines is 1. The molecule has 112 valence electrons. The average Bonchev–Trinajstić information content (AvgIpc) is 2.80. The van der Waals surface area contributed by atoms with E-state index >= 15 is 0 Å². The molecule has 1 atom stereocenters. The highest BCUT2D eigenvalue weighted by molar-refractivity contribution is 9.10. The van der Waals surface area contributed by atoms with Crippen LogP contribution < -0.4 is 5.32 Å². The summed E-state index contributed by atoms with van der Waals surface area (Å²) in [5.41, 5.74) is 0.215. The molecule has 0 aliphatic heterocycles. The monoisotopic (exact) mass is 371 g/mol. The Morgan fingerprint density at radius 1 is 1.43 bits per heavy atom. The molecule has 1 unspecified atom stereocenters. The molecule has 21 heavy (non-hydrogen) atoms. The lowest BCUT2D eigenvalue weighted by atomic mass is 10.1. The molecule has 2 N–H and O–H groups in total. The van der Waals surface area contributed by atoms with E-state index in [0.717, 1.165) is 6.42 Å². The van der Waals surface area contributed by atoms with Crippen LogP contribution in [0.2, 0.25) is 0 Å². The van der Waals surface area contributed by atoms with Crippen molar-refractivity contribution in [1.29, 1.82) is 0 Å². The van der Waals surface area contributed by atoms with E-state index in [1.54, 1.807) is 11.3 Å². The number of rotatable bonds is 5. The standard InChI is InChI=1S/C15H15BrFNO2S/c1-8(7-10-4-3-9(2)21-10)18-12-6-5-11(15(19)20)13(16)14(12)17/h3-6,8,18H,7H2,1-2H3,(H,19,20). The smallest absolute Gasteiger partial charge is 0.336 e. The molecule has 6 heteroatoms. The number of aromatic carboxylic acids is 1. The quantitative estimate of drug-likeness (QED) is 0.800. The second-order valence-electron chi connectivity index (χ2n) is 4.86. The van der Waals surface area contributed by atoms with E-state index in [1.807, 2.05) is 13.8 Å². The van der Waals surface area contributed by atoms with Crippen LogP contribution in [-0.2, 0) is 6.42 Å². The number of hydrogen-bond donors (Lipinski definition) is 2. The number of nitrogens with one attached hydrogen (secondary N) is 1. The molecular formula is C15H15BrFNO2S. The first-order chi connectivity index (χ1) is 9.88. The summed E-state index contributed by atoms with van der Waals surface area (Å²) in [6.07, 6.45) is 0.788. The lowest BCUT2D eigenvalue weighted by Gasteiger charge is -2.16. The van der Waals surface area contributed by atoms with Gasteiger partial charge in [0.15, 0.2) is 5.82 Å². The van der Waals surface area contributed by atoms with Crippen molar-refractivity contribution < 1.29 is 14.3 Å². The third-order valence-electron chi connectivity index (χ3n) is 3.02. The van der Waals surface area contributed by atoms with Crippen LogP contribution in [0.3, 0.4) is 0 Å². The molecule has 1 aromatic heterocycles. The lowest BCUT2D eigenvalue weighted by Crippen LogP contribution is -2.18. The number of carboxylic acid groups (broad SMARTS) is 1. The largest absolute Gasteiger partial charge is 0.478 e. The SMILES string of the molecule is Cc1ccc(CC(C)Nc2ccc(C(=O)O)c(Br)c2F)s1. The number of carbonyl (C=O) groups is 1. The van der Waals surface area contributed by atoms with Gasteiger partial charge in [-0.25, -0.2) is 9.18 Å². The molecule has 0 aliphatic carbocycles. The van der Waals surface area contributed by atoms with Gasteiger partial charge >= 0.3 is 5.97 Å². The Bertz CT molecular complexity index is 672. The van der Waals surface area contributed by atoms with Crippen molar-refractivity contribution in [1.82, 2.24) is 0 Å². The zero-order chi connectivity index (χ0) is 15.6. The molecule has 0 saturated heterocycles. The number of benzene rings is 1. The van der Waals surface area contributed by atoms with Crippen LogP contribution >= 0.6 is 27.3 Å². The molecule has 0 fully saturated rings. The fourth-order valence-corrected chi connectivity index (χ4v) is 3.57. The maximum atomic E-state index is 14.2. The van der Waals surface area contributed by atoms with Gasteiger partial charge in [0.25, 0.3) is 0 Å². The van der Waals surface area contributed by atoms with Crippen molar-refractivity contribution in [3.63, 3.8) is 0 Å². The zero-order valence-corrected chi connectivity index (χ0v) is 14.0. The first-order valence-corrected chi connectivity index (χ1v) is 8.02. The molecule has 2 aromatic rings. The highest BCUT2D eigenvalue weighted by atomic mass is 79.9. The summed E-state index contributed by atoms with van der Waals surface area (Å²) in [6.45, 7) is 4.02. The minimum atomic E-state index is -1.16. The predicted molar refractivity (Wildman–Crippen MR) is 86.9 cm³/mol. The molecule has 1 aromatic carbocycles. The van der Waals surface area contributed by atoms with E-state index in [9.17, 15) is 9.18 Å². The Balaban J connectivity index is 2.12. The van der Waals surface area contributed by atoms with Crippen LogP contribution in [0.25, 0.3) is 0 Å². The number of carboxylic acids is 1. The zero-order valence-electron chi connectivity index (χ0n) is 11.6. The van der Waals surface area contributed by atoms with Crippen molar-refractivity contribution in [2.45, 2.75) is 26.3 Å². The van der Waals surface area contributed by atoms with Crippen molar-refractivity contribution in [2.75, 3.05) is 5.32 Å². The highest BCUT2D eigenvalue weighted by Crippen LogP contribution is 2.28. The molecule has 0 spiro atoms. The van der Waals surface area contributed by atoms with Gasteiger partial charge in [0.05, 0.1) is 15.7 Å². The van der Waals surface area contributed by atoms with Gasteiger partial charge in [-0.15, -0.1) is 11.3 Å². The molecule has 2 rings (SSSR count). The van der Waals surface area contributed by atoms with Crippen molar-refractivity contribution in [2.24, 2.45) is 0 Å². The molecule has 0 amide bonds. The first-order valence-electron chi connectivity index (χ1n) is 6.41. The van der Waals surface area contributed by atoms with E-state index in [1.165, 1.54) is 21.9 Å². The normalized spacial score (nSPS) is 12.2. The van der Waals surface area contributed by atoms with Crippen LogP contribution in [0.1, 0.15) is 27.0 Å². The number of halogens is 2. The number of thiophene rings is 1. The third-order valence-corrected chi connectivity index (χ3v) is 4.82. The summed E-state index contributed by atoms with van der Waals surface area (Å²) in [7, 11) is 0. The van der Waals surface area contributed by atoms with E-state index in [4.69, 9.17) is 5.11 Å². The Hall–Kier alpha value is -1.40. The Morgan fingerprint density at radius 2 is 2.14 bits per heavy atom. The second kappa shape index (κ2) is 6.58. The average molecular weight is 372 g/mol. The number of hydrogen-bond acceptors (Lipinski definition) is 3. The van der Waals surface area contributed by atoms with Crippen LogP contribution in [-0.4, -0.2) is 17.1 Å². The van der Waals surface area contributed by atoms with Crippen LogP contribution in [0.4, 0.5) is 10.1 Å². The minimum absolute atomic E-state index is 0.0285. The maximum absolute atomic E-state index is 14.2. The van der Waals surface area contributed by atoms with Gasteiger partial charge in [-0.2, -0.15) is 0 Å². The molecule has 1 heterocycles. The first kappa shape index (κ1) is 16.0. The molecule has 0 saturated carbocycles. The fraction of sp³-hybridized carbons (Fsp3) is 0.267. The molecule has 3 nitrogen and oxygen atoms in total. The Morgan fingerprint density at radius 3 is 2.71 bits per heavy atom. The van der Waals surface area contributed by atoms with Crippen LogP contribution in [0.5, 0.6) is 0 Å². The van der Waals surface area contributed by atoms with E-state index in [2.05, 4.69) is 33.4 Å². The van der Waals surface area contributed by atoms with Gasteiger partial charge in [0.2, 0.25) is 0 Å². The molecular weight excluding hydrogens is 357 g/mol. The van der Waals surface area contributed by atoms with Crippen LogP contribution in [0.15, 0.2) is 28.7 Å². The van der Waals surface area contributed by atoms with Crippen LogP contribution in [0, 0.1) is 12.7 Å². The van der Waals surface area contributed by atoms with E-state index in [-0.39, 0.29) is 16.1 Å². The Labute approximate surface area is 134 Å². The summed E-state index contributed by atoms with van der Waals surface area (Å²) >= 11 is 4.72. The summed E-state index contributed by atoms with van der Waals surface area (Å²) < 4.78 is 14.1. The summed E-state index contributed by atoms with van der Waals surface area (Å²) in [5, 5.41) is 12.0. The van der Waals surface area contributed by atoms with Gasteiger partial charge in [-0.05, 0) is 54.0 Å². The molecule has 0 aliphatic rings. The molecule has 0 bridgehead atoms. The van der Waals surface area contributed by atoms with Crippen molar-refractivity contribution >= 4 is 38.9 Å². The minimum Gasteiger partial charge on any atom is -0.478 e. The van der Waals surface area contributed by atoms with Gasteiger partial charge < -0.3 is 10.4 Å². The van der Waals surface area contributed by atoms with Crippen molar-refractivity contribution in [3.8, 4) is 0 Å². The van der Waals surface area contributed by atoms with Gasteiger partial charge in [-0.1, -0.05) is 0 Å². The Kier molecular flexibility index (Phi) is 5.00. The van der Waals surface area contributed by atoms with Gasteiger partial charge in [0.1, 0.15) is 0 Å². The number of aryl methyl sites for hydroxylation is 1. The maximum Gasteiger partial charge on any atom is 0.336 e. The topological polar surface area (TPSA) is 49.3 Å². The third kappa shape index (κ3) is 3.83.